The summed E-state index contributed by atoms with van der Waals surface area (Å²) in [5, 5.41) is 24.5. The summed E-state index contributed by atoms with van der Waals surface area (Å²) in [5.41, 5.74) is 0. The van der Waals surface area contributed by atoms with Crippen LogP contribution in [0.25, 0.3) is 0 Å². The molecule has 0 saturated carbocycles. The van der Waals surface area contributed by atoms with Gasteiger partial charge < -0.3 is 15.5 Å². The first-order valence-corrected chi connectivity index (χ1v) is 3.45. The van der Waals surface area contributed by atoms with Crippen LogP contribution in [0.1, 0.15) is 6.92 Å². The van der Waals surface area contributed by atoms with Crippen molar-refractivity contribution in [1.82, 2.24) is 10.3 Å². The van der Waals surface area contributed by atoms with Gasteiger partial charge in [0.2, 0.25) is 5.91 Å². The third kappa shape index (κ3) is 1.51. The zero-order valence-corrected chi connectivity index (χ0v) is 7.11. The van der Waals surface area contributed by atoms with E-state index in [2.05, 4.69) is 5.10 Å². The minimum absolute atomic E-state index is 0.479. The molecule has 72 valence electrons. The van der Waals surface area contributed by atoms with Gasteiger partial charge >= 0.3 is 11.7 Å². The van der Waals surface area contributed by atoms with Gasteiger partial charge in [-0.05, 0) is 0 Å². The Kier molecular flexibility index (Phi) is 2.06. The number of likely N-dealkylation sites (N-methyl/N-ethyl adjacent to an activating group) is 1. The molecular formula is C6H9N3O4. The van der Waals surface area contributed by atoms with Crippen LogP contribution in [-0.4, -0.2) is 45.7 Å². The summed E-state index contributed by atoms with van der Waals surface area (Å²) in [7, 11) is 1.25. The fraction of sp³-hybridized carbons (Fsp3) is 0.500. The summed E-state index contributed by atoms with van der Waals surface area (Å²) in [4.78, 5) is 21.5. The van der Waals surface area contributed by atoms with E-state index in [4.69, 9.17) is 10.2 Å². The fourth-order valence-electron chi connectivity index (χ4n) is 0.871. The van der Waals surface area contributed by atoms with Crippen LogP contribution in [0.3, 0.4) is 0 Å². The Balaban J connectivity index is 2.92. The van der Waals surface area contributed by atoms with E-state index in [9.17, 15) is 9.59 Å². The Hall–Kier alpha value is -1.47. The van der Waals surface area contributed by atoms with Gasteiger partial charge in [-0.25, -0.2) is 5.01 Å². The number of nitrogens with one attached hydrogen (secondary N) is 1. The van der Waals surface area contributed by atoms with Crippen LogP contribution >= 0.6 is 0 Å². The van der Waals surface area contributed by atoms with E-state index in [0.717, 1.165) is 5.01 Å². The zero-order chi connectivity index (χ0) is 10.2. The highest BCUT2D eigenvalue weighted by molar-refractivity contribution is 6.16. The number of amides is 2. The summed E-state index contributed by atoms with van der Waals surface area (Å²) in [5.74, 6) is -4.74. The summed E-state index contributed by atoms with van der Waals surface area (Å²) in [6, 6.07) is 0. The molecule has 2 amide bonds. The molecule has 0 fully saturated rings. The Morgan fingerprint density at radius 1 is 1.62 bits per heavy atom. The molecule has 13 heavy (non-hydrogen) atoms. The number of nitrogens with zero attached hydrogens (tertiary/aromatic N) is 2. The number of hydrogen-bond acceptors (Lipinski definition) is 5. The molecule has 0 spiro atoms. The van der Waals surface area contributed by atoms with Crippen LogP contribution in [0.15, 0.2) is 5.10 Å². The maximum Gasteiger partial charge on any atom is 0.310 e. The summed E-state index contributed by atoms with van der Waals surface area (Å²) < 4.78 is 0. The number of rotatable bonds is 0. The summed E-state index contributed by atoms with van der Waals surface area (Å²) in [6.45, 7) is 1.17. The average Bonchev–Trinajstić information content (AvgIpc) is 2.15. The van der Waals surface area contributed by atoms with Crippen LogP contribution in [0.2, 0.25) is 0 Å². The van der Waals surface area contributed by atoms with Gasteiger partial charge in [-0.15, -0.1) is 0 Å². The number of amidine groups is 1. The molecule has 7 heteroatoms. The second-order valence-electron chi connectivity index (χ2n) is 2.63. The van der Waals surface area contributed by atoms with Crippen molar-refractivity contribution in [3.8, 4) is 0 Å². The van der Waals surface area contributed by atoms with Gasteiger partial charge in [0.15, 0.2) is 5.84 Å². The topological polar surface area (TPSA) is 102 Å². The second-order valence-corrected chi connectivity index (χ2v) is 2.63. The van der Waals surface area contributed by atoms with Gasteiger partial charge in [-0.1, -0.05) is 0 Å². The van der Waals surface area contributed by atoms with E-state index in [1.54, 1.807) is 0 Å². The van der Waals surface area contributed by atoms with Crippen molar-refractivity contribution in [3.63, 3.8) is 0 Å². The lowest BCUT2D eigenvalue weighted by Gasteiger charge is -2.14. The van der Waals surface area contributed by atoms with E-state index in [-0.39, 0.29) is 0 Å². The lowest BCUT2D eigenvalue weighted by Crippen LogP contribution is -2.51. The number of hydrazone groups is 1. The first kappa shape index (κ1) is 9.62. The highest BCUT2D eigenvalue weighted by Crippen LogP contribution is 2.13. The van der Waals surface area contributed by atoms with Crippen LogP contribution < -0.4 is 5.32 Å². The minimum atomic E-state index is -2.72. The minimum Gasteiger partial charge on any atom is -0.352 e. The van der Waals surface area contributed by atoms with Gasteiger partial charge in [0, 0.05) is 14.0 Å². The molecule has 0 aliphatic carbocycles. The largest absolute Gasteiger partial charge is 0.352 e. The molecule has 1 aliphatic rings. The van der Waals surface area contributed by atoms with Gasteiger partial charge in [-0.3, -0.25) is 9.59 Å². The van der Waals surface area contributed by atoms with E-state index in [0.29, 0.717) is 0 Å². The van der Waals surface area contributed by atoms with Gasteiger partial charge in [0.1, 0.15) is 0 Å². The number of aliphatic hydroxyl groups is 2. The Morgan fingerprint density at radius 3 is 2.46 bits per heavy atom. The number of carbonyl (C=O) groups is 2. The molecule has 0 aromatic rings. The molecule has 0 saturated heterocycles. The molecule has 1 aliphatic heterocycles. The third-order valence-electron chi connectivity index (χ3n) is 1.47. The molecular weight excluding hydrogens is 178 g/mol. The summed E-state index contributed by atoms with van der Waals surface area (Å²) in [6.07, 6.45) is 0. The highest BCUT2D eigenvalue weighted by atomic mass is 16.5. The van der Waals surface area contributed by atoms with E-state index in [1.807, 2.05) is 5.32 Å². The molecule has 1 heterocycles. The zero-order valence-electron chi connectivity index (χ0n) is 7.11. The lowest BCUT2D eigenvalue weighted by atomic mass is 10.2. The predicted octanol–water partition coefficient (Wildman–Crippen LogP) is -2.41. The molecule has 0 radical (unpaired) electrons. The van der Waals surface area contributed by atoms with Gasteiger partial charge in [-0.2, -0.15) is 5.10 Å². The number of carbonyl (C=O) groups excluding carboxylic acids is 2. The maximum atomic E-state index is 11.0. The van der Waals surface area contributed by atoms with Gasteiger partial charge in [0.05, 0.1) is 0 Å². The standard InChI is InChI=1S/C6H9N3O4/c1-3(10)7-4-6(12,13)5(11)9(2)8-4/h12-13H,1-2H3,(H,7,8,10). The van der Waals surface area contributed by atoms with Crippen LogP contribution in [0, 0.1) is 0 Å². The van der Waals surface area contributed by atoms with Crippen LogP contribution in [0.4, 0.5) is 0 Å². The first-order valence-electron chi connectivity index (χ1n) is 3.45. The maximum absolute atomic E-state index is 11.0. The molecule has 0 unspecified atom stereocenters. The fourth-order valence-corrected chi connectivity index (χ4v) is 0.871. The molecule has 0 aromatic carbocycles. The molecule has 0 atom stereocenters. The van der Waals surface area contributed by atoms with Crippen molar-refractivity contribution < 1.29 is 19.8 Å². The van der Waals surface area contributed by atoms with E-state index >= 15 is 0 Å². The van der Waals surface area contributed by atoms with E-state index in [1.165, 1.54) is 14.0 Å². The quantitative estimate of drug-likeness (QED) is 0.367. The monoisotopic (exact) mass is 187 g/mol. The lowest BCUT2D eigenvalue weighted by molar-refractivity contribution is -0.167. The molecule has 7 nitrogen and oxygen atoms in total. The van der Waals surface area contributed by atoms with Crippen molar-refractivity contribution in [3.05, 3.63) is 0 Å². The summed E-state index contributed by atoms with van der Waals surface area (Å²) >= 11 is 0. The molecule has 0 bridgehead atoms. The van der Waals surface area contributed by atoms with Crippen molar-refractivity contribution in [2.24, 2.45) is 5.10 Å². The Labute approximate surface area is 73.6 Å². The SMILES string of the molecule is CC(=O)NC1=NN(C)C(=O)C1(O)O. The van der Waals surface area contributed by atoms with Crippen LogP contribution in [0.5, 0.6) is 0 Å². The van der Waals surface area contributed by atoms with Crippen molar-refractivity contribution in [2.45, 2.75) is 12.7 Å². The third-order valence-corrected chi connectivity index (χ3v) is 1.47. The smallest absolute Gasteiger partial charge is 0.310 e. The molecule has 0 aromatic heterocycles. The van der Waals surface area contributed by atoms with Crippen LogP contribution in [-0.2, 0) is 9.59 Å². The first-order chi connectivity index (χ1) is 5.85. The average molecular weight is 187 g/mol. The van der Waals surface area contributed by atoms with Crippen molar-refractivity contribution >= 4 is 17.6 Å². The number of hydrogen-bond donors (Lipinski definition) is 3. The molecule has 3 N–H and O–H groups in total. The van der Waals surface area contributed by atoms with E-state index < -0.39 is 23.4 Å². The second kappa shape index (κ2) is 2.79. The molecule has 1 rings (SSSR count). The normalized spacial score (nSPS) is 20.2. The van der Waals surface area contributed by atoms with Gasteiger partial charge in [0.25, 0.3) is 0 Å². The highest BCUT2D eigenvalue weighted by Gasteiger charge is 2.48. The Morgan fingerprint density at radius 2 is 2.15 bits per heavy atom. The Bertz CT molecular complexity index is 296. The van der Waals surface area contributed by atoms with Crippen molar-refractivity contribution in [1.29, 1.82) is 0 Å². The predicted molar refractivity (Wildman–Crippen MR) is 41.2 cm³/mol. The van der Waals surface area contributed by atoms with Crippen molar-refractivity contribution in [2.75, 3.05) is 7.05 Å².